The molecule has 0 aromatic carbocycles. The van der Waals surface area contributed by atoms with Crippen molar-refractivity contribution in [3.8, 4) is 23.5 Å². The van der Waals surface area contributed by atoms with E-state index in [1.807, 2.05) is 6.07 Å². The summed E-state index contributed by atoms with van der Waals surface area (Å²) >= 11 is 0. The van der Waals surface area contributed by atoms with Crippen molar-refractivity contribution in [2.45, 2.75) is 26.9 Å². The Hall–Kier alpha value is -4.58. The zero-order valence-electron chi connectivity index (χ0n) is 22.2. The van der Waals surface area contributed by atoms with Crippen molar-refractivity contribution in [2.24, 2.45) is 0 Å². The van der Waals surface area contributed by atoms with Crippen LogP contribution in [-0.4, -0.2) is 107 Å². The Morgan fingerprint density at radius 2 is 1.38 bits per heavy atom. The molecule has 0 saturated carbocycles. The second-order valence-electron chi connectivity index (χ2n) is 8.66. The van der Waals surface area contributed by atoms with Crippen molar-refractivity contribution < 1.29 is 34.4 Å². The fraction of sp³-hybridized carbons (Fsp3) is 0.385. The molecule has 3 rings (SSSR count). The molecule has 0 aliphatic rings. The largest absolute Gasteiger partial charge is 0.480 e. The summed E-state index contributed by atoms with van der Waals surface area (Å²) in [7, 11) is 0. The molecule has 0 saturated heterocycles. The number of aromatic nitrogens is 5. The Morgan fingerprint density at radius 1 is 0.850 bits per heavy atom. The smallest absolute Gasteiger partial charge is 0.329 e. The van der Waals surface area contributed by atoms with E-state index in [2.05, 4.69) is 45.8 Å². The van der Waals surface area contributed by atoms with Gasteiger partial charge in [0.15, 0.2) is 11.6 Å². The summed E-state index contributed by atoms with van der Waals surface area (Å²) in [6, 6.07) is 6.96. The number of rotatable bonds is 15. The zero-order valence-corrected chi connectivity index (χ0v) is 22.2. The third-order valence-corrected chi connectivity index (χ3v) is 5.57. The Labute approximate surface area is 230 Å². The van der Waals surface area contributed by atoms with Crippen LogP contribution < -0.4 is 0 Å². The van der Waals surface area contributed by atoms with Gasteiger partial charge in [0.2, 0.25) is 0 Å². The number of ether oxygens (including phenoxy) is 1. The zero-order chi connectivity index (χ0) is 29.1. The predicted octanol–water partition coefficient (Wildman–Crippen LogP) is 0.719. The van der Waals surface area contributed by atoms with Crippen molar-refractivity contribution >= 4 is 17.9 Å². The summed E-state index contributed by atoms with van der Waals surface area (Å²) in [4.78, 5) is 41.1. The molecule has 3 aromatic heterocycles. The van der Waals surface area contributed by atoms with Crippen LogP contribution in [-0.2, 0) is 32.2 Å². The molecular formula is C26H31N7O7. The van der Waals surface area contributed by atoms with Gasteiger partial charge in [-0.2, -0.15) is 10.2 Å². The van der Waals surface area contributed by atoms with Gasteiger partial charge in [-0.1, -0.05) is 25.7 Å². The van der Waals surface area contributed by atoms with Gasteiger partial charge >= 0.3 is 17.9 Å². The van der Waals surface area contributed by atoms with Crippen LogP contribution in [0.25, 0.3) is 11.6 Å². The quantitative estimate of drug-likeness (QED) is 0.178. The molecule has 0 fully saturated rings. The standard InChI is InChI=1S/C26H31N7O7/c1-3-30(4-2)14-20-7-9-32(28-20)22-12-19(6-5-11-40-18-26(38)39)13-23(27-22)33-10-8-21(29-33)15-31(16-24(34)35)17-25(36)37/h7-10,12-13H,3-4,11,14-18H2,1-2H3,(H,34,35)(H,36,37)(H,38,39). The molecule has 0 aliphatic heterocycles. The number of nitrogens with zero attached hydrogens (tertiary/aromatic N) is 7. The first-order valence-corrected chi connectivity index (χ1v) is 12.5. The van der Waals surface area contributed by atoms with Gasteiger partial charge in [-0.15, -0.1) is 0 Å². The molecule has 0 unspecified atom stereocenters. The maximum absolute atomic E-state index is 11.1. The Kier molecular flexibility index (Phi) is 10.9. The van der Waals surface area contributed by atoms with Crippen LogP contribution in [0, 0.1) is 11.8 Å². The van der Waals surface area contributed by atoms with E-state index in [0.29, 0.717) is 29.4 Å². The predicted molar refractivity (Wildman–Crippen MR) is 141 cm³/mol. The van der Waals surface area contributed by atoms with Gasteiger partial charge in [0.25, 0.3) is 0 Å². The van der Waals surface area contributed by atoms with E-state index >= 15 is 0 Å². The first kappa shape index (κ1) is 30.0. The molecule has 3 heterocycles. The van der Waals surface area contributed by atoms with Crippen LogP contribution in [0.2, 0.25) is 0 Å². The van der Waals surface area contributed by atoms with E-state index in [1.165, 1.54) is 9.58 Å². The summed E-state index contributed by atoms with van der Waals surface area (Å²) in [5, 5.41) is 36.0. The minimum Gasteiger partial charge on any atom is -0.480 e. The first-order valence-electron chi connectivity index (χ1n) is 12.5. The first-order chi connectivity index (χ1) is 19.2. The van der Waals surface area contributed by atoms with E-state index in [9.17, 15) is 14.4 Å². The van der Waals surface area contributed by atoms with Crippen molar-refractivity contribution in [2.75, 3.05) is 39.4 Å². The minimum absolute atomic E-state index is 0.00669. The molecule has 0 aliphatic carbocycles. The van der Waals surface area contributed by atoms with Crippen molar-refractivity contribution in [3.63, 3.8) is 0 Å². The SMILES string of the molecule is CCN(CC)Cc1ccn(-c2cc(C#CCOCC(=O)O)cc(-n3ccc(CN(CC(=O)O)CC(=O)O)n3)n2)n1. The van der Waals surface area contributed by atoms with Gasteiger partial charge in [-0.05, 0) is 37.4 Å². The third-order valence-electron chi connectivity index (χ3n) is 5.57. The second kappa shape index (κ2) is 14.5. The van der Waals surface area contributed by atoms with Crippen molar-refractivity contribution in [1.82, 2.24) is 34.3 Å². The highest BCUT2D eigenvalue weighted by Gasteiger charge is 2.16. The summed E-state index contributed by atoms with van der Waals surface area (Å²) in [6.07, 6.45) is 3.42. The molecule has 14 nitrogen and oxygen atoms in total. The van der Waals surface area contributed by atoms with Crippen molar-refractivity contribution in [1.29, 1.82) is 0 Å². The Bertz CT molecular complexity index is 1370. The van der Waals surface area contributed by atoms with E-state index in [0.717, 1.165) is 18.8 Å². The average molecular weight is 554 g/mol. The summed E-state index contributed by atoms with van der Waals surface area (Å²) in [6.45, 7) is 5.18. The molecule has 14 heteroatoms. The highest BCUT2D eigenvalue weighted by atomic mass is 16.5. The van der Waals surface area contributed by atoms with E-state index in [-0.39, 0.29) is 13.2 Å². The molecule has 40 heavy (non-hydrogen) atoms. The van der Waals surface area contributed by atoms with Gasteiger partial charge in [0, 0.05) is 31.0 Å². The fourth-order valence-electron chi connectivity index (χ4n) is 3.74. The molecule has 3 aromatic rings. The molecule has 0 atom stereocenters. The van der Waals surface area contributed by atoms with Crippen LogP contribution >= 0.6 is 0 Å². The second-order valence-corrected chi connectivity index (χ2v) is 8.66. The minimum atomic E-state index is -1.15. The summed E-state index contributed by atoms with van der Waals surface area (Å²) in [5.41, 5.74) is 1.86. The normalized spacial score (nSPS) is 11.0. The van der Waals surface area contributed by atoms with Crippen LogP contribution in [0.5, 0.6) is 0 Å². The maximum atomic E-state index is 11.1. The van der Waals surface area contributed by atoms with Crippen LogP contribution in [0.3, 0.4) is 0 Å². The highest BCUT2D eigenvalue weighted by Crippen LogP contribution is 2.15. The topological polar surface area (TPSA) is 176 Å². The number of carboxylic acid groups (broad SMARTS) is 3. The molecule has 0 radical (unpaired) electrons. The molecule has 0 bridgehead atoms. The third kappa shape index (κ3) is 9.31. The molecular weight excluding hydrogens is 522 g/mol. The van der Waals surface area contributed by atoms with Gasteiger partial charge < -0.3 is 20.1 Å². The lowest BCUT2D eigenvalue weighted by molar-refractivity contribution is -0.143. The van der Waals surface area contributed by atoms with E-state index in [1.54, 1.807) is 35.3 Å². The Morgan fingerprint density at radius 3 is 1.85 bits per heavy atom. The average Bonchev–Trinajstić information content (AvgIpc) is 3.56. The number of carbonyl (C=O) groups is 3. The highest BCUT2D eigenvalue weighted by molar-refractivity contribution is 5.72. The van der Waals surface area contributed by atoms with Gasteiger partial charge in [0.05, 0.1) is 24.5 Å². The Balaban J connectivity index is 1.91. The van der Waals surface area contributed by atoms with Gasteiger partial charge in [0.1, 0.15) is 13.2 Å². The lowest BCUT2D eigenvalue weighted by Gasteiger charge is -2.16. The summed E-state index contributed by atoms with van der Waals surface area (Å²) < 4.78 is 8.09. The van der Waals surface area contributed by atoms with Crippen LogP contribution in [0.4, 0.5) is 0 Å². The number of hydrogen-bond acceptors (Lipinski definition) is 9. The number of carboxylic acids is 3. The van der Waals surface area contributed by atoms with E-state index in [4.69, 9.17) is 20.1 Å². The van der Waals surface area contributed by atoms with Gasteiger partial charge in [-0.3, -0.25) is 19.4 Å². The summed E-state index contributed by atoms with van der Waals surface area (Å²) in [5.74, 6) is 3.20. The van der Waals surface area contributed by atoms with Crippen LogP contribution in [0.1, 0.15) is 30.8 Å². The molecule has 0 amide bonds. The van der Waals surface area contributed by atoms with Crippen molar-refractivity contribution in [3.05, 3.63) is 53.6 Å². The molecule has 212 valence electrons. The fourth-order valence-corrected chi connectivity index (χ4v) is 3.74. The van der Waals surface area contributed by atoms with E-state index < -0.39 is 37.6 Å². The molecule has 0 spiro atoms. The number of pyridine rings is 1. The monoisotopic (exact) mass is 553 g/mol. The van der Waals surface area contributed by atoms with Gasteiger partial charge in [-0.25, -0.2) is 19.1 Å². The number of hydrogen-bond donors (Lipinski definition) is 3. The lowest BCUT2D eigenvalue weighted by atomic mass is 10.2. The number of aliphatic carboxylic acids is 3. The maximum Gasteiger partial charge on any atom is 0.329 e. The molecule has 3 N–H and O–H groups in total. The van der Waals surface area contributed by atoms with Crippen LogP contribution in [0.15, 0.2) is 36.7 Å². The lowest BCUT2D eigenvalue weighted by Crippen LogP contribution is -2.34.